The van der Waals surface area contributed by atoms with E-state index in [4.69, 9.17) is 16.3 Å². The molecule has 0 atom stereocenters. The Bertz CT molecular complexity index is 987. The van der Waals surface area contributed by atoms with E-state index >= 15 is 0 Å². The molecule has 0 saturated heterocycles. The number of hydrogen-bond acceptors (Lipinski definition) is 5. The average Bonchev–Trinajstić information content (AvgIpc) is 3.52. The molecule has 0 bridgehead atoms. The SMILES string of the molecule is C.COC(=O)c1c(Cl)ccc(C)c1NC(=O)c1ccc(C)nc1C(=O)NCC1CC1. The van der Waals surface area contributed by atoms with Crippen LogP contribution in [0.3, 0.4) is 0 Å². The van der Waals surface area contributed by atoms with Gasteiger partial charge in [0, 0.05) is 12.2 Å². The largest absolute Gasteiger partial charge is 0.465 e. The maximum Gasteiger partial charge on any atom is 0.341 e. The van der Waals surface area contributed by atoms with Gasteiger partial charge in [-0.3, -0.25) is 9.59 Å². The fourth-order valence-electron chi connectivity index (χ4n) is 2.88. The molecule has 160 valence electrons. The summed E-state index contributed by atoms with van der Waals surface area (Å²) < 4.78 is 4.79. The maximum absolute atomic E-state index is 13.0. The zero-order valence-corrected chi connectivity index (χ0v) is 17.2. The lowest BCUT2D eigenvalue weighted by molar-refractivity contribution is 0.0602. The fourth-order valence-corrected chi connectivity index (χ4v) is 3.12. The minimum Gasteiger partial charge on any atom is -0.465 e. The average molecular weight is 432 g/mol. The van der Waals surface area contributed by atoms with Crippen molar-refractivity contribution in [1.82, 2.24) is 10.3 Å². The molecule has 1 fully saturated rings. The molecule has 0 aliphatic heterocycles. The first kappa shape index (κ1) is 23.3. The highest BCUT2D eigenvalue weighted by Gasteiger charge is 2.26. The number of benzene rings is 1. The molecule has 3 rings (SSSR count). The van der Waals surface area contributed by atoms with Gasteiger partial charge in [-0.05, 0) is 56.4 Å². The van der Waals surface area contributed by atoms with Gasteiger partial charge in [0.15, 0.2) is 0 Å². The van der Waals surface area contributed by atoms with E-state index in [-0.39, 0.29) is 35.0 Å². The van der Waals surface area contributed by atoms with Crippen LogP contribution in [-0.4, -0.2) is 36.4 Å². The Morgan fingerprint density at radius 3 is 2.47 bits per heavy atom. The number of hydrogen-bond donors (Lipinski definition) is 2. The molecule has 2 N–H and O–H groups in total. The molecular formula is C22H26ClN3O4. The van der Waals surface area contributed by atoms with Gasteiger partial charge in [0.2, 0.25) is 0 Å². The van der Waals surface area contributed by atoms with Crippen molar-refractivity contribution in [3.8, 4) is 0 Å². The summed E-state index contributed by atoms with van der Waals surface area (Å²) in [7, 11) is 1.23. The first-order valence-corrected chi connectivity index (χ1v) is 9.64. The number of amides is 2. The van der Waals surface area contributed by atoms with Crippen LogP contribution in [-0.2, 0) is 4.74 Å². The van der Waals surface area contributed by atoms with Crippen LogP contribution >= 0.6 is 11.6 Å². The Morgan fingerprint density at radius 1 is 1.13 bits per heavy atom. The van der Waals surface area contributed by atoms with E-state index in [0.29, 0.717) is 23.7 Å². The second-order valence-corrected chi connectivity index (χ2v) is 7.47. The van der Waals surface area contributed by atoms with Crippen LogP contribution in [0.5, 0.6) is 0 Å². The lowest BCUT2D eigenvalue weighted by Crippen LogP contribution is -2.29. The Kier molecular flexibility index (Phi) is 7.56. The van der Waals surface area contributed by atoms with Gasteiger partial charge in [-0.1, -0.05) is 25.1 Å². The highest BCUT2D eigenvalue weighted by atomic mass is 35.5. The number of halogens is 1. The van der Waals surface area contributed by atoms with Crippen molar-refractivity contribution in [2.75, 3.05) is 19.0 Å². The van der Waals surface area contributed by atoms with Crippen LogP contribution < -0.4 is 10.6 Å². The van der Waals surface area contributed by atoms with Gasteiger partial charge in [-0.25, -0.2) is 9.78 Å². The molecule has 1 heterocycles. The normalized spacial score (nSPS) is 12.5. The third-order valence-corrected chi connectivity index (χ3v) is 5.05. The Hall–Kier alpha value is -2.93. The summed E-state index contributed by atoms with van der Waals surface area (Å²) in [5, 5.41) is 5.68. The molecule has 0 radical (unpaired) electrons. The molecular weight excluding hydrogens is 406 g/mol. The first-order valence-electron chi connectivity index (χ1n) is 9.26. The summed E-state index contributed by atoms with van der Waals surface area (Å²) in [6.07, 6.45) is 2.19. The Morgan fingerprint density at radius 2 is 1.83 bits per heavy atom. The van der Waals surface area contributed by atoms with Gasteiger partial charge in [0.05, 0.1) is 23.4 Å². The van der Waals surface area contributed by atoms with E-state index in [1.54, 1.807) is 38.1 Å². The van der Waals surface area contributed by atoms with E-state index in [2.05, 4.69) is 15.6 Å². The number of carbonyl (C=O) groups is 3. The van der Waals surface area contributed by atoms with Gasteiger partial charge in [-0.2, -0.15) is 0 Å². The monoisotopic (exact) mass is 431 g/mol. The van der Waals surface area contributed by atoms with Crippen LogP contribution in [0.2, 0.25) is 5.02 Å². The summed E-state index contributed by atoms with van der Waals surface area (Å²) in [5.74, 6) is -1.14. The highest BCUT2D eigenvalue weighted by molar-refractivity contribution is 6.34. The van der Waals surface area contributed by atoms with Crippen molar-refractivity contribution in [3.05, 3.63) is 57.4 Å². The van der Waals surface area contributed by atoms with Crippen molar-refractivity contribution in [2.24, 2.45) is 5.92 Å². The van der Waals surface area contributed by atoms with Gasteiger partial charge >= 0.3 is 5.97 Å². The van der Waals surface area contributed by atoms with Crippen LogP contribution in [0.15, 0.2) is 24.3 Å². The molecule has 0 spiro atoms. The number of esters is 1. The number of ether oxygens (including phenoxy) is 1. The second-order valence-electron chi connectivity index (χ2n) is 7.06. The summed E-state index contributed by atoms with van der Waals surface area (Å²) in [6.45, 7) is 4.04. The molecule has 2 amide bonds. The third-order valence-electron chi connectivity index (χ3n) is 4.73. The Balaban J connectivity index is 0.00000320. The minimum atomic E-state index is -0.668. The molecule has 1 aromatic carbocycles. The van der Waals surface area contributed by atoms with Crippen molar-refractivity contribution >= 4 is 35.1 Å². The molecule has 1 aliphatic rings. The summed E-state index contributed by atoms with van der Waals surface area (Å²) >= 11 is 6.16. The number of methoxy groups -OCH3 is 1. The maximum atomic E-state index is 13.0. The van der Waals surface area contributed by atoms with Crippen LogP contribution in [0.25, 0.3) is 0 Å². The van der Waals surface area contributed by atoms with Gasteiger partial charge < -0.3 is 15.4 Å². The number of aryl methyl sites for hydroxylation is 2. The van der Waals surface area contributed by atoms with E-state index in [9.17, 15) is 14.4 Å². The molecule has 1 aliphatic carbocycles. The van der Waals surface area contributed by atoms with Crippen LogP contribution in [0, 0.1) is 19.8 Å². The summed E-state index contributed by atoms with van der Waals surface area (Å²) in [4.78, 5) is 42.0. The molecule has 30 heavy (non-hydrogen) atoms. The number of nitrogens with zero attached hydrogens (tertiary/aromatic N) is 1. The predicted molar refractivity (Wildman–Crippen MR) is 116 cm³/mol. The molecule has 1 aromatic heterocycles. The second kappa shape index (κ2) is 9.71. The van der Waals surface area contributed by atoms with Gasteiger partial charge in [0.25, 0.3) is 11.8 Å². The highest BCUT2D eigenvalue weighted by Crippen LogP contribution is 2.30. The number of anilines is 1. The van der Waals surface area contributed by atoms with E-state index < -0.39 is 17.8 Å². The van der Waals surface area contributed by atoms with E-state index in [1.165, 1.54) is 7.11 Å². The van der Waals surface area contributed by atoms with E-state index in [1.807, 2.05) is 0 Å². The fraction of sp³-hybridized carbons (Fsp3) is 0.364. The predicted octanol–water partition coefficient (Wildman–Crippen LogP) is 4.17. The topological polar surface area (TPSA) is 97.4 Å². The number of nitrogens with one attached hydrogen (secondary N) is 2. The van der Waals surface area contributed by atoms with Crippen molar-refractivity contribution < 1.29 is 19.1 Å². The summed E-state index contributed by atoms with van der Waals surface area (Å²) in [6, 6.07) is 6.43. The van der Waals surface area contributed by atoms with Crippen molar-refractivity contribution in [1.29, 1.82) is 0 Å². The van der Waals surface area contributed by atoms with Gasteiger partial charge in [0.1, 0.15) is 11.3 Å². The number of carbonyl (C=O) groups excluding carboxylic acids is 3. The number of aromatic nitrogens is 1. The molecule has 8 heteroatoms. The van der Waals surface area contributed by atoms with Crippen LogP contribution in [0.4, 0.5) is 5.69 Å². The minimum absolute atomic E-state index is 0. The quantitative estimate of drug-likeness (QED) is 0.669. The number of rotatable bonds is 6. The zero-order valence-electron chi connectivity index (χ0n) is 16.5. The molecule has 0 unspecified atom stereocenters. The lowest BCUT2D eigenvalue weighted by Gasteiger charge is -2.15. The Labute approximate surface area is 181 Å². The zero-order chi connectivity index (χ0) is 21.1. The van der Waals surface area contributed by atoms with Gasteiger partial charge in [-0.15, -0.1) is 0 Å². The summed E-state index contributed by atoms with van der Waals surface area (Å²) in [5.41, 5.74) is 1.69. The third kappa shape index (κ3) is 5.16. The number of pyridine rings is 1. The van der Waals surface area contributed by atoms with Crippen molar-refractivity contribution in [3.63, 3.8) is 0 Å². The standard InChI is InChI=1S/C21H22ClN3O4.CH4/c1-11-4-9-15(22)16(21(28)29-3)17(11)25-19(26)14-8-5-12(2)24-18(14)20(27)23-10-13-6-7-13;/h4-5,8-9,13H,6-7,10H2,1-3H3,(H,23,27)(H,25,26);1H4. The van der Waals surface area contributed by atoms with E-state index in [0.717, 1.165) is 12.8 Å². The molecule has 1 saturated carbocycles. The van der Waals surface area contributed by atoms with Crippen LogP contribution in [0.1, 0.15) is 62.7 Å². The first-order chi connectivity index (χ1) is 13.8. The lowest BCUT2D eigenvalue weighted by atomic mass is 10.1. The van der Waals surface area contributed by atoms with Crippen molar-refractivity contribution in [2.45, 2.75) is 34.1 Å². The molecule has 7 nitrogen and oxygen atoms in total. The smallest absolute Gasteiger partial charge is 0.341 e. The molecule has 2 aromatic rings.